The van der Waals surface area contributed by atoms with Gasteiger partial charge in [-0.25, -0.2) is 0 Å². The van der Waals surface area contributed by atoms with Gasteiger partial charge in [-0.05, 0) is 67.6 Å². The maximum Gasteiger partial charge on any atom is 0.325 e. The van der Waals surface area contributed by atoms with E-state index in [9.17, 15) is 4.57 Å². The zero-order valence-electron chi connectivity index (χ0n) is 14.9. The van der Waals surface area contributed by atoms with Gasteiger partial charge in [0.25, 0.3) is 0 Å². The van der Waals surface area contributed by atoms with E-state index in [2.05, 4.69) is 17.2 Å². The molecule has 0 aliphatic rings. The van der Waals surface area contributed by atoms with Crippen LogP contribution in [0.2, 0.25) is 0 Å². The van der Waals surface area contributed by atoms with Gasteiger partial charge in [0.05, 0.1) is 18.0 Å². The van der Waals surface area contributed by atoms with E-state index in [1.54, 1.807) is 0 Å². The van der Waals surface area contributed by atoms with Crippen LogP contribution in [0.5, 0.6) is 5.75 Å². The summed E-state index contributed by atoms with van der Waals surface area (Å²) in [7, 11) is -3.88. The van der Waals surface area contributed by atoms with Gasteiger partial charge in [-0.1, -0.05) is 19.1 Å². The minimum Gasteiger partial charge on any atom is -0.494 e. The van der Waals surface area contributed by atoms with Crippen LogP contribution in [0.15, 0.2) is 58.8 Å². The Kier molecular flexibility index (Phi) is 7.98. The molecule has 7 heteroatoms. The first-order valence-electron chi connectivity index (χ1n) is 8.74. The van der Waals surface area contributed by atoms with Crippen LogP contribution in [0.1, 0.15) is 31.7 Å². The third kappa shape index (κ3) is 7.91. The standard InChI is InChI=1S/C19H25N2O4P/c1-2-14-25-19-12-10-18(11-13-19)21-20-17-8-6-16(7-9-17)5-3-4-15-26(22,23)24/h6-13H,2-5,14-15H2,1H3,(H2,22,23,24). The number of nitrogens with zero attached hydrogens (tertiary/aromatic N) is 2. The topological polar surface area (TPSA) is 91.5 Å². The van der Waals surface area contributed by atoms with Crippen molar-refractivity contribution in [2.45, 2.75) is 32.6 Å². The molecule has 140 valence electrons. The second-order valence-corrected chi connectivity index (χ2v) is 7.83. The van der Waals surface area contributed by atoms with Crippen molar-refractivity contribution in [1.29, 1.82) is 0 Å². The van der Waals surface area contributed by atoms with Crippen molar-refractivity contribution in [2.24, 2.45) is 10.2 Å². The molecule has 0 radical (unpaired) electrons. The number of benzene rings is 2. The lowest BCUT2D eigenvalue weighted by Gasteiger charge is -2.04. The zero-order valence-corrected chi connectivity index (χ0v) is 15.8. The lowest BCUT2D eigenvalue weighted by atomic mass is 10.1. The van der Waals surface area contributed by atoms with Gasteiger partial charge in [0.15, 0.2) is 0 Å². The molecule has 0 aliphatic heterocycles. The second kappa shape index (κ2) is 10.2. The molecule has 0 saturated carbocycles. The fourth-order valence-corrected chi connectivity index (χ4v) is 2.96. The summed E-state index contributed by atoms with van der Waals surface area (Å²) in [6, 6.07) is 15.2. The minimum atomic E-state index is -3.88. The number of aryl methyl sites for hydroxylation is 1. The van der Waals surface area contributed by atoms with E-state index in [-0.39, 0.29) is 6.16 Å². The van der Waals surface area contributed by atoms with Crippen LogP contribution >= 0.6 is 7.60 Å². The van der Waals surface area contributed by atoms with Gasteiger partial charge in [-0.2, -0.15) is 10.2 Å². The van der Waals surface area contributed by atoms with E-state index in [1.807, 2.05) is 48.5 Å². The molecule has 26 heavy (non-hydrogen) atoms. The molecule has 0 unspecified atom stereocenters. The van der Waals surface area contributed by atoms with E-state index >= 15 is 0 Å². The third-order valence-electron chi connectivity index (χ3n) is 3.69. The maximum atomic E-state index is 10.8. The van der Waals surface area contributed by atoms with Crippen LogP contribution in [0, 0.1) is 0 Å². The molecule has 2 aromatic rings. The summed E-state index contributed by atoms with van der Waals surface area (Å²) in [6.45, 7) is 2.77. The lowest BCUT2D eigenvalue weighted by Crippen LogP contribution is -1.93. The highest BCUT2D eigenvalue weighted by atomic mass is 31.2. The summed E-state index contributed by atoms with van der Waals surface area (Å²) in [5.41, 5.74) is 2.64. The average molecular weight is 376 g/mol. The van der Waals surface area contributed by atoms with Crippen LogP contribution in [0.4, 0.5) is 11.4 Å². The Hall–Kier alpha value is -2.01. The molecular formula is C19H25N2O4P. The Morgan fingerprint density at radius 1 is 0.923 bits per heavy atom. The first-order chi connectivity index (χ1) is 12.5. The van der Waals surface area contributed by atoms with Crippen molar-refractivity contribution in [1.82, 2.24) is 0 Å². The smallest absolute Gasteiger partial charge is 0.325 e. The highest BCUT2D eigenvalue weighted by molar-refractivity contribution is 7.51. The Balaban J connectivity index is 1.82. The lowest BCUT2D eigenvalue weighted by molar-refractivity contribution is 0.317. The molecular weight excluding hydrogens is 351 g/mol. The summed E-state index contributed by atoms with van der Waals surface area (Å²) < 4.78 is 16.3. The predicted octanol–water partition coefficient (Wildman–Crippen LogP) is 5.39. The monoisotopic (exact) mass is 376 g/mol. The summed E-state index contributed by atoms with van der Waals surface area (Å²) in [5.74, 6) is 0.828. The molecule has 0 heterocycles. The molecule has 0 spiro atoms. The summed E-state index contributed by atoms with van der Waals surface area (Å²) in [4.78, 5) is 17.7. The molecule has 0 amide bonds. The van der Waals surface area contributed by atoms with E-state index in [4.69, 9.17) is 14.5 Å². The minimum absolute atomic E-state index is 0.0540. The van der Waals surface area contributed by atoms with Crippen LogP contribution < -0.4 is 4.74 Å². The van der Waals surface area contributed by atoms with E-state index in [1.165, 1.54) is 0 Å². The predicted molar refractivity (Wildman–Crippen MR) is 103 cm³/mol. The summed E-state index contributed by atoms with van der Waals surface area (Å²) in [5, 5.41) is 8.43. The second-order valence-electron chi connectivity index (χ2n) is 6.05. The molecule has 6 nitrogen and oxygen atoms in total. The van der Waals surface area contributed by atoms with Gasteiger partial charge < -0.3 is 14.5 Å². The number of hydrogen-bond acceptors (Lipinski definition) is 4. The average Bonchev–Trinajstić information content (AvgIpc) is 2.63. The Morgan fingerprint density at radius 3 is 2.04 bits per heavy atom. The summed E-state index contributed by atoms with van der Waals surface area (Å²) in [6.07, 6.45) is 2.97. The highest BCUT2D eigenvalue weighted by Gasteiger charge is 2.11. The SMILES string of the molecule is CCCOc1ccc(N=Nc2ccc(CCCCP(=O)(O)O)cc2)cc1. The highest BCUT2D eigenvalue weighted by Crippen LogP contribution is 2.35. The van der Waals surface area contributed by atoms with Crippen molar-refractivity contribution in [2.75, 3.05) is 12.8 Å². The molecule has 0 fully saturated rings. The van der Waals surface area contributed by atoms with E-state index in [0.717, 1.165) is 42.0 Å². The van der Waals surface area contributed by atoms with Gasteiger partial charge in [-0.15, -0.1) is 0 Å². The van der Waals surface area contributed by atoms with E-state index in [0.29, 0.717) is 13.0 Å². The molecule has 2 aromatic carbocycles. The van der Waals surface area contributed by atoms with Crippen molar-refractivity contribution in [3.63, 3.8) is 0 Å². The normalized spacial score (nSPS) is 11.8. The Bertz CT molecular complexity index is 739. The summed E-state index contributed by atoms with van der Waals surface area (Å²) >= 11 is 0. The molecule has 0 aliphatic carbocycles. The largest absolute Gasteiger partial charge is 0.494 e. The van der Waals surface area contributed by atoms with Gasteiger partial charge in [0.1, 0.15) is 5.75 Å². The van der Waals surface area contributed by atoms with Crippen molar-refractivity contribution >= 4 is 19.0 Å². The molecule has 0 aromatic heterocycles. The Morgan fingerprint density at radius 2 is 1.50 bits per heavy atom. The number of hydrogen-bond donors (Lipinski definition) is 2. The molecule has 2 rings (SSSR count). The Labute approximate surface area is 154 Å². The number of ether oxygens (including phenoxy) is 1. The van der Waals surface area contributed by atoms with Gasteiger partial charge >= 0.3 is 7.60 Å². The molecule has 0 bridgehead atoms. The fraction of sp³-hybridized carbons (Fsp3) is 0.368. The number of rotatable bonds is 10. The van der Waals surface area contributed by atoms with Gasteiger partial charge in [-0.3, -0.25) is 4.57 Å². The van der Waals surface area contributed by atoms with Crippen LogP contribution in [0.25, 0.3) is 0 Å². The first kappa shape index (κ1) is 20.3. The molecule has 0 saturated heterocycles. The maximum absolute atomic E-state index is 10.8. The van der Waals surface area contributed by atoms with Crippen LogP contribution in [-0.2, 0) is 11.0 Å². The number of unbranched alkanes of at least 4 members (excludes halogenated alkanes) is 1. The third-order valence-corrected chi connectivity index (χ3v) is 4.59. The van der Waals surface area contributed by atoms with Crippen LogP contribution in [0.3, 0.4) is 0 Å². The number of azo groups is 1. The van der Waals surface area contributed by atoms with Crippen molar-refractivity contribution in [3.8, 4) is 5.75 Å². The quantitative estimate of drug-likeness (QED) is 0.330. The van der Waals surface area contributed by atoms with Crippen molar-refractivity contribution < 1.29 is 19.1 Å². The fourth-order valence-electron chi connectivity index (χ4n) is 2.32. The van der Waals surface area contributed by atoms with Gasteiger partial charge in [0.2, 0.25) is 0 Å². The molecule has 0 atom stereocenters. The van der Waals surface area contributed by atoms with Gasteiger partial charge in [0, 0.05) is 6.16 Å². The first-order valence-corrected chi connectivity index (χ1v) is 10.5. The van der Waals surface area contributed by atoms with Crippen molar-refractivity contribution in [3.05, 3.63) is 54.1 Å². The van der Waals surface area contributed by atoms with Crippen LogP contribution in [-0.4, -0.2) is 22.6 Å². The van der Waals surface area contributed by atoms with E-state index < -0.39 is 7.60 Å². The zero-order chi connectivity index (χ0) is 18.8. The molecule has 2 N–H and O–H groups in total.